The summed E-state index contributed by atoms with van der Waals surface area (Å²) >= 11 is 0. The van der Waals surface area contributed by atoms with Crippen molar-refractivity contribution in [2.75, 3.05) is 14.2 Å². The van der Waals surface area contributed by atoms with E-state index in [2.05, 4.69) is 15.5 Å². The lowest BCUT2D eigenvalue weighted by Crippen LogP contribution is -2.27. The van der Waals surface area contributed by atoms with E-state index < -0.39 is 27.2 Å². The Kier molecular flexibility index (Phi) is 4.31. The summed E-state index contributed by atoms with van der Waals surface area (Å²) in [5.41, 5.74) is 0.0515. The molecule has 142 valence electrons. The van der Waals surface area contributed by atoms with Gasteiger partial charge in [0.2, 0.25) is 11.6 Å². The molecule has 0 saturated heterocycles. The number of fused-ring (bicyclic) bond motifs is 1. The van der Waals surface area contributed by atoms with E-state index in [4.69, 9.17) is 9.47 Å². The van der Waals surface area contributed by atoms with Crippen LogP contribution in [0.15, 0.2) is 23.7 Å². The molecule has 0 bridgehead atoms. The Morgan fingerprint density at radius 2 is 2.04 bits per heavy atom. The number of methoxy groups -OCH3 is 1. The summed E-state index contributed by atoms with van der Waals surface area (Å²) in [6.07, 6.45) is 0. The Bertz CT molecular complexity index is 981. The van der Waals surface area contributed by atoms with Crippen LogP contribution in [0.4, 0.5) is 5.69 Å². The second-order valence-electron chi connectivity index (χ2n) is 5.67. The van der Waals surface area contributed by atoms with Crippen LogP contribution in [0.1, 0.15) is 22.7 Å². The number of aromatic amines is 1. The zero-order chi connectivity index (χ0) is 19.9. The predicted molar refractivity (Wildman–Crippen MR) is 90.2 cm³/mol. The van der Waals surface area contributed by atoms with Gasteiger partial charge in [0, 0.05) is 18.8 Å². The number of rotatable bonds is 5. The van der Waals surface area contributed by atoms with Gasteiger partial charge in [-0.15, -0.1) is 5.10 Å². The minimum Gasteiger partial charge on any atom is -0.500 e. The van der Waals surface area contributed by atoms with E-state index in [0.29, 0.717) is 11.3 Å². The molecule has 2 heterocycles. The van der Waals surface area contributed by atoms with Crippen molar-refractivity contribution in [1.82, 2.24) is 15.5 Å². The number of nitro groups is 2. The van der Waals surface area contributed by atoms with E-state index in [1.165, 1.54) is 20.2 Å². The lowest BCUT2D eigenvalue weighted by atomic mass is 9.86. The standard InChI is InChI=1S/C15H15N5O7/c1-6-10-11(7-4-8(19(22)23)13(21)9(5-7)26-3)12(20(24)25)15(16-2)27-14(10)18-17-6/h4-5,11,16,21H,1-3H3,(H,17,18). The predicted octanol–water partition coefficient (Wildman–Crippen LogP) is 1.53. The molecule has 1 aliphatic rings. The Morgan fingerprint density at radius 1 is 1.33 bits per heavy atom. The van der Waals surface area contributed by atoms with Crippen molar-refractivity contribution in [3.8, 4) is 17.4 Å². The maximum atomic E-state index is 11.8. The van der Waals surface area contributed by atoms with Gasteiger partial charge in [-0.3, -0.25) is 25.3 Å². The van der Waals surface area contributed by atoms with Crippen LogP contribution in [0.5, 0.6) is 17.4 Å². The van der Waals surface area contributed by atoms with Gasteiger partial charge in [0.25, 0.3) is 5.88 Å². The molecule has 1 atom stereocenters. The molecule has 0 amide bonds. The zero-order valence-electron chi connectivity index (χ0n) is 14.5. The Hall–Kier alpha value is -3.83. The minimum atomic E-state index is -1.04. The zero-order valence-corrected chi connectivity index (χ0v) is 14.5. The summed E-state index contributed by atoms with van der Waals surface area (Å²) in [4.78, 5) is 21.7. The van der Waals surface area contributed by atoms with E-state index in [0.717, 1.165) is 6.07 Å². The number of hydrogen-bond acceptors (Lipinski definition) is 9. The van der Waals surface area contributed by atoms with Gasteiger partial charge in [0.15, 0.2) is 5.75 Å². The molecule has 1 aromatic carbocycles. The summed E-state index contributed by atoms with van der Waals surface area (Å²) in [5, 5.41) is 42.4. The molecule has 1 unspecified atom stereocenters. The molecular weight excluding hydrogens is 362 g/mol. The van der Waals surface area contributed by atoms with Crippen molar-refractivity contribution in [2.45, 2.75) is 12.8 Å². The maximum absolute atomic E-state index is 11.8. The number of ether oxygens (including phenoxy) is 2. The smallest absolute Gasteiger partial charge is 0.317 e. The molecule has 0 fully saturated rings. The van der Waals surface area contributed by atoms with Gasteiger partial charge < -0.3 is 19.9 Å². The Balaban J connectivity index is 2.34. The number of nitro benzene ring substituents is 1. The first-order valence-electron chi connectivity index (χ1n) is 7.64. The fourth-order valence-electron chi connectivity index (χ4n) is 3.02. The van der Waals surface area contributed by atoms with Crippen LogP contribution in [0, 0.1) is 27.2 Å². The molecule has 27 heavy (non-hydrogen) atoms. The SMILES string of the molecule is CNC1=C([N+](=O)[O-])C(c2cc(OC)c(O)c([N+](=O)[O-])c2)c2c(n[nH]c2C)O1. The quantitative estimate of drug-likeness (QED) is 0.517. The van der Waals surface area contributed by atoms with Gasteiger partial charge in [-0.1, -0.05) is 0 Å². The van der Waals surface area contributed by atoms with Gasteiger partial charge >= 0.3 is 11.4 Å². The third kappa shape index (κ3) is 2.76. The largest absolute Gasteiger partial charge is 0.500 e. The normalized spacial score (nSPS) is 15.7. The van der Waals surface area contributed by atoms with E-state index in [9.17, 15) is 25.3 Å². The number of aromatic nitrogens is 2. The van der Waals surface area contributed by atoms with Gasteiger partial charge in [-0.25, -0.2) is 0 Å². The number of phenolic OH excluding ortho intramolecular Hbond substituents is 1. The number of aryl methyl sites for hydroxylation is 1. The van der Waals surface area contributed by atoms with E-state index in [-0.39, 0.29) is 28.8 Å². The summed E-state index contributed by atoms with van der Waals surface area (Å²) < 4.78 is 10.5. The summed E-state index contributed by atoms with van der Waals surface area (Å²) in [7, 11) is 2.67. The molecule has 0 saturated carbocycles. The summed E-state index contributed by atoms with van der Waals surface area (Å²) in [6, 6.07) is 2.38. The molecule has 1 aliphatic heterocycles. The number of H-pyrrole nitrogens is 1. The van der Waals surface area contributed by atoms with Crippen molar-refractivity contribution >= 4 is 5.69 Å². The highest BCUT2D eigenvalue weighted by molar-refractivity contribution is 5.61. The fourth-order valence-corrected chi connectivity index (χ4v) is 3.02. The highest BCUT2D eigenvalue weighted by Crippen LogP contribution is 2.47. The van der Waals surface area contributed by atoms with Gasteiger partial charge in [-0.05, 0) is 18.6 Å². The lowest BCUT2D eigenvalue weighted by molar-refractivity contribution is -0.433. The highest BCUT2D eigenvalue weighted by atomic mass is 16.6. The number of hydrogen-bond donors (Lipinski definition) is 3. The molecule has 0 aliphatic carbocycles. The number of aromatic hydroxyl groups is 1. The Morgan fingerprint density at radius 3 is 2.59 bits per heavy atom. The van der Waals surface area contributed by atoms with E-state index in [1.54, 1.807) is 6.92 Å². The Labute approximate surface area is 151 Å². The number of nitrogens with one attached hydrogen (secondary N) is 2. The minimum absolute atomic E-state index is 0.113. The van der Waals surface area contributed by atoms with Gasteiger partial charge in [0.05, 0.1) is 22.5 Å². The lowest BCUT2D eigenvalue weighted by Gasteiger charge is -2.23. The average molecular weight is 377 g/mol. The molecular formula is C15H15N5O7. The van der Waals surface area contributed by atoms with Crippen LogP contribution >= 0.6 is 0 Å². The van der Waals surface area contributed by atoms with Crippen LogP contribution in [0.3, 0.4) is 0 Å². The van der Waals surface area contributed by atoms with Crippen molar-refractivity contribution < 1.29 is 24.4 Å². The first-order chi connectivity index (χ1) is 12.8. The van der Waals surface area contributed by atoms with Crippen molar-refractivity contribution in [2.24, 2.45) is 0 Å². The third-order valence-corrected chi connectivity index (χ3v) is 4.20. The monoisotopic (exact) mass is 377 g/mol. The maximum Gasteiger partial charge on any atom is 0.317 e. The van der Waals surface area contributed by atoms with E-state index in [1.807, 2.05) is 0 Å². The second kappa shape index (κ2) is 6.48. The molecule has 0 radical (unpaired) electrons. The van der Waals surface area contributed by atoms with Gasteiger partial charge in [0.1, 0.15) is 5.92 Å². The molecule has 3 rings (SSSR count). The molecule has 12 nitrogen and oxygen atoms in total. The van der Waals surface area contributed by atoms with Crippen molar-refractivity contribution in [3.63, 3.8) is 0 Å². The summed E-state index contributed by atoms with van der Waals surface area (Å²) in [6.45, 7) is 1.65. The molecule has 3 N–H and O–H groups in total. The highest BCUT2D eigenvalue weighted by Gasteiger charge is 2.43. The van der Waals surface area contributed by atoms with Gasteiger partial charge in [-0.2, -0.15) is 0 Å². The van der Waals surface area contributed by atoms with Crippen LogP contribution in [0.25, 0.3) is 0 Å². The second-order valence-corrected chi connectivity index (χ2v) is 5.67. The van der Waals surface area contributed by atoms with Crippen molar-refractivity contribution in [1.29, 1.82) is 0 Å². The number of nitrogens with zero attached hydrogens (tertiary/aromatic N) is 3. The van der Waals surface area contributed by atoms with E-state index >= 15 is 0 Å². The van der Waals surface area contributed by atoms with Crippen LogP contribution in [0.2, 0.25) is 0 Å². The fraction of sp³-hybridized carbons (Fsp3) is 0.267. The van der Waals surface area contributed by atoms with Crippen LogP contribution < -0.4 is 14.8 Å². The number of benzene rings is 1. The van der Waals surface area contributed by atoms with Crippen LogP contribution in [-0.4, -0.2) is 39.3 Å². The molecule has 2 aromatic rings. The molecule has 1 aromatic heterocycles. The van der Waals surface area contributed by atoms with Crippen molar-refractivity contribution in [3.05, 3.63) is 60.8 Å². The third-order valence-electron chi connectivity index (χ3n) is 4.20. The first kappa shape index (κ1) is 18.0. The number of allylic oxidation sites excluding steroid dienone is 1. The molecule has 0 spiro atoms. The van der Waals surface area contributed by atoms with Crippen LogP contribution in [-0.2, 0) is 0 Å². The summed E-state index contributed by atoms with van der Waals surface area (Å²) in [5.74, 6) is -1.91. The first-order valence-corrected chi connectivity index (χ1v) is 7.64. The molecule has 12 heteroatoms. The average Bonchev–Trinajstić information content (AvgIpc) is 3.00. The topological polar surface area (TPSA) is 166 Å². The number of phenols is 1.